The molecule has 0 saturated heterocycles. The normalized spacial score (nSPS) is 19.5. The number of thioether (sulfide) groups is 1. The number of hydrogen-bond donors (Lipinski definition) is 2. The Morgan fingerprint density at radius 2 is 1.83 bits per heavy atom. The first-order valence-corrected chi connectivity index (χ1v) is 13.6. The summed E-state index contributed by atoms with van der Waals surface area (Å²) in [5.74, 6) is -1.92. The van der Waals surface area contributed by atoms with Crippen molar-refractivity contribution in [1.82, 2.24) is 5.32 Å². The molecule has 3 rings (SSSR count). The van der Waals surface area contributed by atoms with Gasteiger partial charge in [0.2, 0.25) is 5.91 Å². The highest BCUT2D eigenvalue weighted by atomic mass is 35.5. The van der Waals surface area contributed by atoms with Crippen LogP contribution in [0.4, 0.5) is 18.9 Å². The van der Waals surface area contributed by atoms with E-state index in [1.165, 1.54) is 12.1 Å². The molecule has 2 unspecified atom stereocenters. The number of hydrogen-bond acceptors (Lipinski definition) is 3. The van der Waals surface area contributed by atoms with Crippen LogP contribution in [0, 0.1) is 12.8 Å². The highest BCUT2D eigenvalue weighted by Gasteiger charge is 2.67. The lowest BCUT2D eigenvalue weighted by molar-refractivity contribution is -0.129. The van der Waals surface area contributed by atoms with Gasteiger partial charge in [-0.15, -0.1) is 23.2 Å². The summed E-state index contributed by atoms with van der Waals surface area (Å²) in [7, 11) is 0. The van der Waals surface area contributed by atoms with Crippen LogP contribution in [0.3, 0.4) is 0 Å². The number of halogens is 7. The third kappa shape index (κ3) is 7.60. The van der Waals surface area contributed by atoms with Gasteiger partial charge in [-0.25, -0.2) is 0 Å². The second kappa shape index (κ2) is 11.6. The van der Waals surface area contributed by atoms with Crippen LogP contribution >= 0.6 is 58.2 Å². The molecule has 1 aliphatic carbocycles. The van der Waals surface area contributed by atoms with Crippen LogP contribution in [0.1, 0.15) is 40.7 Å². The lowest BCUT2D eigenvalue weighted by Crippen LogP contribution is -2.34. The lowest BCUT2D eigenvalue weighted by Gasteiger charge is -2.15. The number of carbonyl (C=O) groups is 2. The Balaban J connectivity index is 1.62. The quantitative estimate of drug-likeness (QED) is 0.229. The zero-order valence-electron chi connectivity index (χ0n) is 19.2. The molecule has 0 aromatic heterocycles. The fourth-order valence-electron chi connectivity index (χ4n) is 3.80. The van der Waals surface area contributed by atoms with Gasteiger partial charge in [-0.3, -0.25) is 9.59 Å². The Bertz CT molecular complexity index is 1130. The van der Waals surface area contributed by atoms with Crippen molar-refractivity contribution in [2.45, 2.75) is 42.7 Å². The second-order valence-corrected chi connectivity index (χ2v) is 12.1. The topological polar surface area (TPSA) is 58.2 Å². The van der Waals surface area contributed by atoms with Crippen LogP contribution in [0.5, 0.6) is 0 Å². The molecule has 0 aliphatic heterocycles. The summed E-state index contributed by atoms with van der Waals surface area (Å²) in [5, 5.41) is 6.11. The molecule has 0 heterocycles. The summed E-state index contributed by atoms with van der Waals surface area (Å²) in [4.78, 5) is 25.7. The minimum atomic E-state index is -4.21. The summed E-state index contributed by atoms with van der Waals surface area (Å²) < 4.78 is 35.5. The monoisotopic (exact) mass is 600 g/mol. The number of benzene rings is 2. The van der Waals surface area contributed by atoms with Gasteiger partial charge in [0.05, 0.1) is 22.9 Å². The smallest absolute Gasteiger partial charge is 0.349 e. The number of carbonyl (C=O) groups excluding carboxylic acids is 2. The van der Waals surface area contributed by atoms with E-state index in [0.717, 1.165) is 22.9 Å². The molecule has 1 fully saturated rings. The van der Waals surface area contributed by atoms with E-state index in [9.17, 15) is 22.8 Å². The van der Waals surface area contributed by atoms with E-state index in [4.69, 9.17) is 46.4 Å². The van der Waals surface area contributed by atoms with E-state index in [-0.39, 0.29) is 16.3 Å². The molecule has 2 aromatic rings. The highest BCUT2D eigenvalue weighted by molar-refractivity contribution is 7.99. The number of alkyl halides is 5. The van der Waals surface area contributed by atoms with Gasteiger partial charge in [-0.1, -0.05) is 29.3 Å². The third-order valence-electron chi connectivity index (χ3n) is 5.51. The zero-order chi connectivity index (χ0) is 26.8. The van der Waals surface area contributed by atoms with Crippen molar-refractivity contribution in [2.24, 2.45) is 5.92 Å². The SMILES string of the molecule is Cc1cc(Cl)cc(C2C(C(=O)Nc3ccc(Cl)c(C(=O)N[C@H](C)CSCCC(F)(F)F)c3)C2(Cl)Cl)c1. The van der Waals surface area contributed by atoms with Gasteiger partial charge < -0.3 is 10.6 Å². The highest BCUT2D eigenvalue weighted by Crippen LogP contribution is 2.65. The maximum Gasteiger partial charge on any atom is 0.389 e. The Hall–Kier alpha value is -1.32. The molecule has 3 atom stereocenters. The second-order valence-electron chi connectivity index (χ2n) is 8.69. The summed E-state index contributed by atoms with van der Waals surface area (Å²) in [6.45, 7) is 3.56. The van der Waals surface area contributed by atoms with Crippen molar-refractivity contribution in [3.05, 3.63) is 63.1 Å². The van der Waals surface area contributed by atoms with E-state index in [2.05, 4.69) is 10.6 Å². The van der Waals surface area contributed by atoms with Crippen LogP contribution < -0.4 is 10.6 Å². The molecule has 196 valence electrons. The average molecular weight is 602 g/mol. The molecule has 1 saturated carbocycles. The minimum Gasteiger partial charge on any atom is -0.349 e. The molecule has 12 heteroatoms. The molecule has 4 nitrogen and oxygen atoms in total. The summed E-state index contributed by atoms with van der Waals surface area (Å²) in [5.41, 5.74) is 2.10. The maximum atomic E-state index is 13.0. The Kier molecular flexibility index (Phi) is 9.42. The number of nitrogens with one attached hydrogen (secondary N) is 2. The van der Waals surface area contributed by atoms with Crippen molar-refractivity contribution < 1.29 is 22.8 Å². The first-order valence-electron chi connectivity index (χ1n) is 10.9. The van der Waals surface area contributed by atoms with Gasteiger partial charge in [0.15, 0.2) is 0 Å². The van der Waals surface area contributed by atoms with Gasteiger partial charge in [0.25, 0.3) is 5.91 Å². The van der Waals surface area contributed by atoms with Crippen molar-refractivity contribution in [3.8, 4) is 0 Å². The molecule has 2 N–H and O–H groups in total. The van der Waals surface area contributed by atoms with Crippen LogP contribution in [-0.4, -0.2) is 39.9 Å². The Morgan fingerprint density at radius 1 is 1.14 bits per heavy atom. The van der Waals surface area contributed by atoms with Crippen molar-refractivity contribution in [2.75, 3.05) is 16.8 Å². The van der Waals surface area contributed by atoms with Crippen LogP contribution in [0.15, 0.2) is 36.4 Å². The molecule has 0 spiro atoms. The van der Waals surface area contributed by atoms with Crippen LogP contribution in [0.25, 0.3) is 0 Å². The molecular formula is C24H23Cl4F3N2O2S. The summed E-state index contributed by atoms with van der Waals surface area (Å²) in [6, 6.07) is 9.41. The largest absolute Gasteiger partial charge is 0.389 e. The van der Waals surface area contributed by atoms with Crippen molar-refractivity contribution in [1.29, 1.82) is 0 Å². The van der Waals surface area contributed by atoms with Crippen molar-refractivity contribution in [3.63, 3.8) is 0 Å². The standard InChI is InChI=1S/C24H23Cl4F3N2O2S/c1-12-7-14(9-15(25)8-12)19-20(24(19,27)28)22(35)33-16-3-4-18(26)17(10-16)21(34)32-13(2)11-36-6-5-23(29,30)31/h3-4,7-10,13,19-20H,5-6,11H2,1-2H3,(H,32,34)(H,33,35)/t13-,19?,20?/m1/s1. The number of rotatable bonds is 9. The van der Waals surface area contributed by atoms with Gasteiger partial charge in [-0.05, 0) is 55.3 Å². The summed E-state index contributed by atoms with van der Waals surface area (Å²) in [6.07, 6.45) is -5.10. The van der Waals surface area contributed by atoms with E-state index >= 15 is 0 Å². The average Bonchev–Trinajstić information content (AvgIpc) is 3.33. The van der Waals surface area contributed by atoms with Gasteiger partial charge in [0.1, 0.15) is 4.33 Å². The van der Waals surface area contributed by atoms with Crippen LogP contribution in [-0.2, 0) is 4.79 Å². The molecule has 36 heavy (non-hydrogen) atoms. The number of anilines is 1. The molecule has 1 aliphatic rings. The summed E-state index contributed by atoms with van der Waals surface area (Å²) >= 11 is 26.3. The van der Waals surface area contributed by atoms with Gasteiger partial charge >= 0.3 is 6.18 Å². The Morgan fingerprint density at radius 3 is 2.47 bits per heavy atom. The molecule has 2 amide bonds. The van der Waals surface area contributed by atoms with E-state index in [1.54, 1.807) is 25.1 Å². The lowest BCUT2D eigenvalue weighted by atomic mass is 10.1. The van der Waals surface area contributed by atoms with Crippen molar-refractivity contribution >= 4 is 75.7 Å². The zero-order valence-corrected chi connectivity index (χ0v) is 23.0. The number of amides is 2. The predicted molar refractivity (Wildman–Crippen MR) is 142 cm³/mol. The molecular weight excluding hydrogens is 579 g/mol. The fraction of sp³-hybridized carbons (Fsp3) is 0.417. The first kappa shape index (κ1) is 29.2. The van der Waals surface area contributed by atoms with Crippen LogP contribution in [0.2, 0.25) is 10.0 Å². The predicted octanol–water partition coefficient (Wildman–Crippen LogP) is 7.63. The fourth-order valence-corrected chi connectivity index (χ4v) is 6.11. The molecule has 2 aromatic carbocycles. The van der Waals surface area contributed by atoms with E-state index in [0.29, 0.717) is 16.5 Å². The molecule has 0 bridgehead atoms. The number of aryl methyl sites for hydroxylation is 1. The first-order chi connectivity index (χ1) is 16.7. The van der Waals surface area contributed by atoms with Gasteiger partial charge in [-0.2, -0.15) is 24.9 Å². The minimum absolute atomic E-state index is 0.0917. The van der Waals surface area contributed by atoms with E-state index < -0.39 is 46.6 Å². The Labute approximate surface area is 231 Å². The molecule has 0 radical (unpaired) electrons. The van der Waals surface area contributed by atoms with Gasteiger partial charge in [0, 0.05) is 34.2 Å². The van der Waals surface area contributed by atoms with E-state index in [1.807, 2.05) is 13.0 Å². The third-order valence-corrected chi connectivity index (χ3v) is 8.23. The maximum absolute atomic E-state index is 13.0.